The minimum absolute atomic E-state index is 0.230. The maximum Gasteiger partial charge on any atom is 0.255 e. The molecule has 1 aromatic carbocycles. The van der Waals surface area contributed by atoms with Gasteiger partial charge >= 0.3 is 0 Å². The number of nitrogens with two attached hydrogens (primary N) is 1. The Kier molecular flexibility index (Phi) is 4.27. The number of pyridine rings is 1. The van der Waals surface area contributed by atoms with Crippen LogP contribution in [0.5, 0.6) is 5.88 Å². The predicted octanol–water partition coefficient (Wildman–Crippen LogP) is 1.98. The second-order valence-corrected chi connectivity index (χ2v) is 4.42. The highest BCUT2D eigenvalue weighted by Crippen LogP contribution is 2.13. The standard InChI is InChI=1S/C14H13N3O2S/c1-19-12-7-6-11(8-16-12)17-14(18)10-4-2-9(3-5-10)13(15)20/h2-8H,1H3,(H2,15,20)(H,17,18). The summed E-state index contributed by atoms with van der Waals surface area (Å²) >= 11 is 4.86. The normalized spacial score (nSPS) is 9.85. The number of nitrogens with zero attached hydrogens (tertiary/aromatic N) is 1. The number of hydrogen-bond acceptors (Lipinski definition) is 4. The number of carbonyl (C=O) groups is 1. The van der Waals surface area contributed by atoms with E-state index in [4.69, 9.17) is 22.7 Å². The van der Waals surface area contributed by atoms with E-state index in [2.05, 4.69) is 10.3 Å². The van der Waals surface area contributed by atoms with Gasteiger partial charge in [0, 0.05) is 17.2 Å². The highest BCUT2D eigenvalue weighted by atomic mass is 32.1. The maximum atomic E-state index is 12.0. The number of methoxy groups -OCH3 is 1. The smallest absolute Gasteiger partial charge is 0.255 e. The van der Waals surface area contributed by atoms with Crippen LogP contribution in [0.3, 0.4) is 0 Å². The van der Waals surface area contributed by atoms with Crippen molar-refractivity contribution in [1.82, 2.24) is 4.98 Å². The maximum absolute atomic E-state index is 12.0. The van der Waals surface area contributed by atoms with E-state index < -0.39 is 0 Å². The number of thiocarbonyl (C=S) groups is 1. The second-order valence-electron chi connectivity index (χ2n) is 3.98. The minimum Gasteiger partial charge on any atom is -0.481 e. The van der Waals surface area contributed by atoms with Crippen molar-refractivity contribution in [1.29, 1.82) is 0 Å². The van der Waals surface area contributed by atoms with Crippen LogP contribution < -0.4 is 15.8 Å². The van der Waals surface area contributed by atoms with Crippen molar-refractivity contribution < 1.29 is 9.53 Å². The fourth-order valence-electron chi connectivity index (χ4n) is 1.56. The number of anilines is 1. The van der Waals surface area contributed by atoms with Crippen LogP contribution in [0.25, 0.3) is 0 Å². The van der Waals surface area contributed by atoms with E-state index in [-0.39, 0.29) is 5.91 Å². The number of carbonyl (C=O) groups excluding carboxylic acids is 1. The van der Waals surface area contributed by atoms with E-state index in [0.717, 1.165) is 5.56 Å². The Bertz CT molecular complexity index is 624. The van der Waals surface area contributed by atoms with Gasteiger partial charge in [0.15, 0.2) is 0 Å². The number of amides is 1. The first-order valence-corrected chi connectivity index (χ1v) is 6.22. The average Bonchev–Trinajstić information content (AvgIpc) is 2.48. The largest absolute Gasteiger partial charge is 0.481 e. The summed E-state index contributed by atoms with van der Waals surface area (Å²) in [4.78, 5) is 16.3. The zero-order chi connectivity index (χ0) is 14.5. The van der Waals surface area contributed by atoms with Gasteiger partial charge in [0.2, 0.25) is 5.88 Å². The van der Waals surface area contributed by atoms with Gasteiger partial charge in [0.1, 0.15) is 4.99 Å². The monoisotopic (exact) mass is 287 g/mol. The Morgan fingerprint density at radius 3 is 2.35 bits per heavy atom. The van der Waals surface area contributed by atoms with Gasteiger partial charge in [-0.15, -0.1) is 0 Å². The molecule has 0 bridgehead atoms. The van der Waals surface area contributed by atoms with Crippen LogP contribution >= 0.6 is 12.2 Å². The van der Waals surface area contributed by atoms with Crippen molar-refractivity contribution in [2.45, 2.75) is 0 Å². The van der Waals surface area contributed by atoms with E-state index in [1.165, 1.54) is 13.3 Å². The zero-order valence-corrected chi connectivity index (χ0v) is 11.6. The van der Waals surface area contributed by atoms with Crippen LogP contribution in [0.1, 0.15) is 15.9 Å². The van der Waals surface area contributed by atoms with Gasteiger partial charge in [-0.1, -0.05) is 24.4 Å². The van der Waals surface area contributed by atoms with Crippen molar-refractivity contribution >= 4 is 28.8 Å². The van der Waals surface area contributed by atoms with Crippen molar-refractivity contribution in [3.63, 3.8) is 0 Å². The molecule has 0 saturated carbocycles. The molecule has 5 nitrogen and oxygen atoms in total. The van der Waals surface area contributed by atoms with Gasteiger partial charge < -0.3 is 15.8 Å². The molecule has 1 amide bonds. The molecule has 0 unspecified atom stereocenters. The second kappa shape index (κ2) is 6.12. The van der Waals surface area contributed by atoms with Gasteiger partial charge in [-0.2, -0.15) is 0 Å². The van der Waals surface area contributed by atoms with Gasteiger partial charge in [-0.05, 0) is 18.2 Å². The molecule has 102 valence electrons. The number of rotatable bonds is 4. The van der Waals surface area contributed by atoms with E-state index in [9.17, 15) is 4.79 Å². The molecule has 0 saturated heterocycles. The highest BCUT2D eigenvalue weighted by Gasteiger charge is 2.07. The third kappa shape index (κ3) is 3.30. The van der Waals surface area contributed by atoms with Crippen molar-refractivity contribution in [2.75, 3.05) is 12.4 Å². The summed E-state index contributed by atoms with van der Waals surface area (Å²) in [5.41, 5.74) is 7.33. The number of ether oxygens (including phenoxy) is 1. The molecule has 0 aliphatic rings. The molecule has 1 aromatic heterocycles. The fraction of sp³-hybridized carbons (Fsp3) is 0.0714. The summed E-state index contributed by atoms with van der Waals surface area (Å²) in [6, 6.07) is 10.1. The van der Waals surface area contributed by atoms with E-state index in [1.54, 1.807) is 36.4 Å². The van der Waals surface area contributed by atoms with E-state index >= 15 is 0 Å². The first-order chi connectivity index (χ1) is 9.60. The van der Waals surface area contributed by atoms with Gasteiger partial charge in [-0.3, -0.25) is 4.79 Å². The molecule has 0 aliphatic heterocycles. The summed E-state index contributed by atoms with van der Waals surface area (Å²) in [5, 5.41) is 2.74. The Hall–Kier alpha value is -2.47. The van der Waals surface area contributed by atoms with Crippen LogP contribution in [0.2, 0.25) is 0 Å². The molecule has 0 spiro atoms. The number of benzene rings is 1. The minimum atomic E-state index is -0.230. The lowest BCUT2D eigenvalue weighted by molar-refractivity contribution is 0.102. The van der Waals surface area contributed by atoms with Crippen molar-refractivity contribution in [3.05, 3.63) is 53.7 Å². The Morgan fingerprint density at radius 2 is 1.85 bits per heavy atom. The average molecular weight is 287 g/mol. The summed E-state index contributed by atoms with van der Waals surface area (Å²) in [6.07, 6.45) is 1.53. The SMILES string of the molecule is COc1ccc(NC(=O)c2ccc(C(N)=S)cc2)cn1. The van der Waals surface area contributed by atoms with Gasteiger partial charge in [0.25, 0.3) is 5.91 Å². The molecule has 2 rings (SSSR count). The van der Waals surface area contributed by atoms with E-state index in [0.29, 0.717) is 22.1 Å². The van der Waals surface area contributed by atoms with Gasteiger partial charge in [-0.25, -0.2) is 4.98 Å². The van der Waals surface area contributed by atoms with Crippen LogP contribution in [-0.4, -0.2) is 23.0 Å². The molecule has 0 atom stereocenters. The lowest BCUT2D eigenvalue weighted by Crippen LogP contribution is -2.13. The lowest BCUT2D eigenvalue weighted by Gasteiger charge is -2.06. The van der Waals surface area contributed by atoms with Crippen molar-refractivity contribution in [3.8, 4) is 5.88 Å². The molecule has 20 heavy (non-hydrogen) atoms. The molecule has 3 N–H and O–H groups in total. The Morgan fingerprint density at radius 1 is 1.20 bits per heavy atom. The third-order valence-electron chi connectivity index (χ3n) is 2.63. The quantitative estimate of drug-likeness (QED) is 0.841. The first kappa shape index (κ1) is 14.0. The molecule has 0 fully saturated rings. The summed E-state index contributed by atoms with van der Waals surface area (Å²) in [6.45, 7) is 0. The Labute approximate surface area is 121 Å². The highest BCUT2D eigenvalue weighted by molar-refractivity contribution is 7.80. The van der Waals surface area contributed by atoms with Crippen LogP contribution in [0.4, 0.5) is 5.69 Å². The molecule has 6 heteroatoms. The van der Waals surface area contributed by atoms with Crippen LogP contribution in [0.15, 0.2) is 42.6 Å². The summed E-state index contributed by atoms with van der Waals surface area (Å²) in [5.74, 6) is 0.260. The topological polar surface area (TPSA) is 77.2 Å². The number of nitrogens with one attached hydrogen (secondary N) is 1. The summed E-state index contributed by atoms with van der Waals surface area (Å²) < 4.78 is 4.95. The molecule has 0 aliphatic carbocycles. The lowest BCUT2D eigenvalue weighted by atomic mass is 10.1. The molecule has 0 radical (unpaired) electrons. The van der Waals surface area contributed by atoms with Crippen LogP contribution in [-0.2, 0) is 0 Å². The summed E-state index contributed by atoms with van der Waals surface area (Å²) in [7, 11) is 1.53. The third-order valence-corrected chi connectivity index (χ3v) is 2.87. The number of aromatic nitrogens is 1. The fourth-order valence-corrected chi connectivity index (χ4v) is 1.70. The number of hydrogen-bond donors (Lipinski definition) is 2. The zero-order valence-electron chi connectivity index (χ0n) is 10.8. The van der Waals surface area contributed by atoms with Crippen LogP contribution in [0, 0.1) is 0 Å². The predicted molar refractivity (Wildman–Crippen MR) is 81.1 cm³/mol. The van der Waals surface area contributed by atoms with E-state index in [1.807, 2.05) is 0 Å². The van der Waals surface area contributed by atoms with Crippen molar-refractivity contribution in [2.24, 2.45) is 5.73 Å². The molecule has 2 aromatic rings. The molecule has 1 heterocycles. The molecular formula is C14H13N3O2S. The first-order valence-electron chi connectivity index (χ1n) is 5.81. The molecular weight excluding hydrogens is 274 g/mol. The van der Waals surface area contributed by atoms with Gasteiger partial charge in [0.05, 0.1) is 19.0 Å². The Balaban J connectivity index is 2.08.